The van der Waals surface area contributed by atoms with E-state index in [0.29, 0.717) is 5.92 Å². The number of allylic oxidation sites excluding steroid dienone is 3. The van der Waals surface area contributed by atoms with Crippen molar-refractivity contribution in [3.05, 3.63) is 22.3 Å². The molecule has 1 aliphatic heterocycles. The van der Waals surface area contributed by atoms with Crippen LogP contribution in [0.4, 0.5) is 0 Å². The van der Waals surface area contributed by atoms with Crippen molar-refractivity contribution in [1.29, 1.82) is 0 Å². The van der Waals surface area contributed by atoms with Crippen LogP contribution in [0.1, 0.15) is 48.5 Å². The van der Waals surface area contributed by atoms with Gasteiger partial charge in [-0.15, -0.1) is 0 Å². The van der Waals surface area contributed by atoms with Crippen LogP contribution < -0.4 is 30.1 Å². The summed E-state index contributed by atoms with van der Waals surface area (Å²) in [4.78, 5) is 0. The van der Waals surface area contributed by atoms with Crippen LogP contribution in [0.15, 0.2) is 22.3 Å². The molecule has 1 aliphatic carbocycles. The Kier molecular flexibility index (Phi) is 6.92. The Balaban J connectivity index is 0.00000162. The van der Waals surface area contributed by atoms with E-state index < -0.39 is 0 Å². The zero-order valence-corrected chi connectivity index (χ0v) is 16.1. The van der Waals surface area contributed by atoms with E-state index in [9.17, 15) is 0 Å². The van der Waals surface area contributed by atoms with Crippen molar-refractivity contribution in [2.24, 2.45) is 5.92 Å². The number of hydrogen-bond donors (Lipinski definition) is 1. The first-order chi connectivity index (χ1) is 7.72. The summed E-state index contributed by atoms with van der Waals surface area (Å²) in [6.45, 7) is 16.2. The Hall–Kier alpha value is 0.734. The summed E-state index contributed by atoms with van der Waals surface area (Å²) in [6, 6.07) is 0. The van der Waals surface area contributed by atoms with Gasteiger partial charge in [-0.2, -0.15) is 0 Å². The second-order valence-electron chi connectivity index (χ2n) is 6.63. The van der Waals surface area contributed by atoms with Gasteiger partial charge in [0.25, 0.3) is 0 Å². The van der Waals surface area contributed by atoms with Gasteiger partial charge in [-0.1, -0.05) is 0 Å². The molecule has 0 radical (unpaired) electrons. The molecule has 0 saturated carbocycles. The van der Waals surface area contributed by atoms with Crippen LogP contribution in [-0.2, 0) is 19.2 Å². The van der Waals surface area contributed by atoms with Gasteiger partial charge in [0.15, 0.2) is 0 Å². The second-order valence-corrected chi connectivity index (χ2v) is 9.09. The van der Waals surface area contributed by atoms with Crippen LogP contribution in [0.25, 0.3) is 0 Å². The summed E-state index contributed by atoms with van der Waals surface area (Å²) in [6.07, 6.45) is 0. The van der Waals surface area contributed by atoms with E-state index in [1.165, 1.54) is 0 Å². The average Bonchev–Trinajstić information content (AvgIpc) is 2.87. The number of rotatable bonds is 2. The molecule has 19 heavy (non-hydrogen) atoms. The first-order valence-corrected chi connectivity index (χ1v) is 8.45. The molecule has 1 nitrogen and oxygen atoms in total. The fourth-order valence-corrected chi connectivity index (χ4v) is 5.55. The molecule has 108 valence electrons. The molecule has 0 amide bonds. The molecule has 0 aromatic rings. The third kappa shape index (κ3) is 4.11. The minimum atomic E-state index is 0. The van der Waals surface area contributed by atoms with Crippen LogP contribution >= 0.6 is 0 Å². The molecule has 0 aromatic carbocycles. The van der Waals surface area contributed by atoms with E-state index in [2.05, 4.69) is 53.8 Å². The van der Waals surface area contributed by atoms with Gasteiger partial charge in [-0.3, -0.25) is 0 Å². The molecular weight excluding hydrogens is 313 g/mol. The Morgan fingerprint density at radius 2 is 1.53 bits per heavy atom. The predicted molar refractivity (Wildman–Crippen MR) is 70.7 cm³/mol. The summed E-state index contributed by atoms with van der Waals surface area (Å²) in [5.41, 5.74) is 6.80. The van der Waals surface area contributed by atoms with Crippen LogP contribution in [-0.4, -0.2) is 9.89 Å². The van der Waals surface area contributed by atoms with Gasteiger partial charge < -0.3 is 24.8 Å². The maximum atomic E-state index is 3.79. The minimum absolute atomic E-state index is 0. The molecule has 0 bridgehead atoms. The molecule has 0 spiro atoms. The minimum Gasteiger partial charge on any atom is -1.00 e. The molecule has 0 aromatic heterocycles. The van der Waals surface area contributed by atoms with E-state index in [1.54, 1.807) is 22.3 Å². The summed E-state index contributed by atoms with van der Waals surface area (Å²) in [5, 5.41) is 3.79. The second kappa shape index (κ2) is 6.66. The number of hydrogen-bond acceptors (Lipinski definition) is 1. The fraction of sp³-hybridized carbons (Fsp3) is 0.733. The van der Waals surface area contributed by atoms with Crippen molar-refractivity contribution in [3.8, 4) is 0 Å². The van der Waals surface area contributed by atoms with Gasteiger partial charge >= 0.3 is 115 Å². The van der Waals surface area contributed by atoms with Gasteiger partial charge in [0.2, 0.25) is 0 Å². The summed E-state index contributed by atoms with van der Waals surface area (Å²) < 4.78 is 1.75. The third-order valence-electron chi connectivity index (χ3n) is 4.21. The fourth-order valence-electron chi connectivity index (χ4n) is 2.90. The van der Waals surface area contributed by atoms with Gasteiger partial charge in [0.1, 0.15) is 0 Å². The molecular formula is C15H25Cl2NTi. The molecule has 1 heterocycles. The quantitative estimate of drug-likeness (QED) is 0.569. The maximum Gasteiger partial charge on any atom is -1.00 e. The van der Waals surface area contributed by atoms with Gasteiger partial charge in [0.05, 0.1) is 0 Å². The molecule has 3 unspecified atom stereocenters. The zero-order valence-electron chi connectivity index (χ0n) is 13.0. The molecule has 4 heteroatoms. The summed E-state index contributed by atoms with van der Waals surface area (Å²) in [5.74, 6) is 0.704. The Labute approximate surface area is 139 Å². The Bertz CT molecular complexity index is 407. The third-order valence-corrected chi connectivity index (χ3v) is 6.48. The first-order valence-electron chi connectivity index (χ1n) is 6.64. The molecule has 1 fully saturated rings. The largest absolute Gasteiger partial charge is 1.00 e. The summed E-state index contributed by atoms with van der Waals surface area (Å²) >= 11 is 0.206. The van der Waals surface area contributed by atoms with Gasteiger partial charge in [-0.05, 0) is 0 Å². The molecule has 1 N–H and O–H groups in total. The van der Waals surface area contributed by atoms with E-state index in [-0.39, 0.29) is 49.5 Å². The Morgan fingerprint density at radius 1 is 1.00 bits per heavy atom. The van der Waals surface area contributed by atoms with Crippen molar-refractivity contribution in [3.63, 3.8) is 0 Å². The van der Waals surface area contributed by atoms with Gasteiger partial charge in [0, 0.05) is 0 Å². The topological polar surface area (TPSA) is 12.0 Å². The van der Waals surface area contributed by atoms with Crippen molar-refractivity contribution in [1.82, 2.24) is 5.32 Å². The zero-order chi connectivity index (χ0) is 13.0. The average molecular weight is 338 g/mol. The van der Waals surface area contributed by atoms with Crippen molar-refractivity contribution in [2.75, 3.05) is 0 Å². The smallest absolute Gasteiger partial charge is 1.00 e. The van der Waals surface area contributed by atoms with E-state index in [0.717, 1.165) is 8.57 Å². The summed E-state index contributed by atoms with van der Waals surface area (Å²) in [7, 11) is 0. The van der Waals surface area contributed by atoms with E-state index >= 15 is 0 Å². The number of halogens is 2. The maximum absolute atomic E-state index is 3.79. The van der Waals surface area contributed by atoms with Gasteiger partial charge in [-0.25, -0.2) is 0 Å². The van der Waals surface area contributed by atoms with Crippen LogP contribution in [0.3, 0.4) is 0 Å². The molecule has 2 aliphatic rings. The standard InChI is InChI=1S/C15H25N.2ClH.Ti/c1-10-11(2)13(4)14(12(10)3)8-9-16-15(5,6)7;;;/h8-9,12,16H,1-7H3;2*1H;/q;;;+2/p-2. The predicted octanol–water partition coefficient (Wildman–Crippen LogP) is -2.10. The molecule has 1 saturated heterocycles. The monoisotopic (exact) mass is 337 g/mol. The van der Waals surface area contributed by atoms with Crippen LogP contribution in [0.5, 0.6) is 0 Å². The first kappa shape index (κ1) is 19.7. The molecule has 2 rings (SSSR count). The van der Waals surface area contributed by atoms with E-state index in [4.69, 9.17) is 0 Å². The van der Waals surface area contributed by atoms with Crippen molar-refractivity contribution >= 4 is 0 Å². The SMILES string of the molecule is CC1=C(C)C(C)C([CH]2[Ti+2][CH]2NC(C)(C)C)=C1C.[Cl-].[Cl-]. The molecule has 3 atom stereocenters. The Morgan fingerprint density at radius 3 is 1.89 bits per heavy atom. The van der Waals surface area contributed by atoms with E-state index in [1.807, 2.05) is 0 Å². The number of nitrogens with one attached hydrogen (secondary N) is 1. The van der Waals surface area contributed by atoms with Crippen molar-refractivity contribution in [2.45, 2.75) is 62.6 Å². The van der Waals surface area contributed by atoms with Crippen LogP contribution in [0, 0.1) is 5.92 Å². The normalized spacial score (nSPS) is 29.3. The van der Waals surface area contributed by atoms with Crippen LogP contribution in [0.2, 0.25) is 4.22 Å². The van der Waals surface area contributed by atoms with Crippen molar-refractivity contribution < 1.29 is 44.0 Å².